The summed E-state index contributed by atoms with van der Waals surface area (Å²) in [5.74, 6) is 0.442. The lowest BCUT2D eigenvalue weighted by Gasteiger charge is -2.40. The van der Waals surface area contributed by atoms with E-state index in [1.807, 2.05) is 75.4 Å². The Hall–Kier alpha value is -5.18. The van der Waals surface area contributed by atoms with Gasteiger partial charge in [0.05, 0.1) is 17.3 Å². The second-order valence-corrected chi connectivity index (χ2v) is 25.0. The molecule has 1 atom stereocenters. The van der Waals surface area contributed by atoms with E-state index >= 15 is 0 Å². The molecule has 13 nitrogen and oxygen atoms in total. The van der Waals surface area contributed by atoms with Gasteiger partial charge in [-0.15, -0.1) is 0 Å². The quantitative estimate of drug-likeness (QED) is 0.0597. The molecule has 0 radical (unpaired) electrons. The maximum absolute atomic E-state index is 13.1. The summed E-state index contributed by atoms with van der Waals surface area (Å²) in [4.78, 5) is 55.0. The van der Waals surface area contributed by atoms with E-state index in [1.54, 1.807) is 12.1 Å². The van der Waals surface area contributed by atoms with Crippen LogP contribution in [-0.2, 0) is 20.4 Å². The third kappa shape index (κ3) is 12.5. The molecule has 2 aliphatic rings. The number of H-pyrrole nitrogens is 1. The van der Waals surface area contributed by atoms with Crippen LogP contribution in [0.1, 0.15) is 110 Å². The van der Waals surface area contributed by atoms with Crippen LogP contribution < -0.4 is 26.4 Å². The molecular formula is C50H69N5O8Si. The van der Waals surface area contributed by atoms with Crippen molar-refractivity contribution in [3.8, 4) is 16.9 Å². The van der Waals surface area contributed by atoms with Crippen LogP contribution in [0.15, 0.2) is 77.6 Å². The number of ether oxygens (including phenoxy) is 1. The Labute approximate surface area is 378 Å². The second-order valence-electron chi connectivity index (χ2n) is 20.3. The minimum Gasteiger partial charge on any atom is -0.506 e. The molecule has 4 aromatic rings. The van der Waals surface area contributed by atoms with Crippen molar-refractivity contribution in [2.75, 3.05) is 18.0 Å². The lowest BCUT2D eigenvalue weighted by atomic mass is 9.80. The summed E-state index contributed by atoms with van der Waals surface area (Å²) in [6, 6.07) is 22.3. The van der Waals surface area contributed by atoms with Crippen molar-refractivity contribution in [2.24, 2.45) is 5.92 Å². The topological polar surface area (TPSA) is 182 Å². The summed E-state index contributed by atoms with van der Waals surface area (Å²) < 4.78 is 12.4. The molecule has 1 aromatic heterocycles. The molecule has 1 unspecified atom stereocenters. The number of hydrogen-bond acceptors (Lipinski definition) is 8. The normalized spacial score (nSPS) is 19.6. The van der Waals surface area contributed by atoms with Crippen LogP contribution in [0.3, 0.4) is 0 Å². The number of amides is 3. The molecule has 0 saturated heterocycles. The number of anilines is 1. The van der Waals surface area contributed by atoms with Crippen LogP contribution in [0.4, 0.5) is 15.3 Å². The Bertz CT molecular complexity index is 2310. The number of aromatic nitrogens is 1. The predicted molar refractivity (Wildman–Crippen MR) is 256 cm³/mol. The average Bonchev–Trinajstić information content (AvgIpc) is 3.19. The number of alkyl carbamates (subject to hydrolysis) is 1. The first-order valence-corrected chi connectivity index (χ1v) is 25.8. The molecule has 1 heterocycles. The number of phenols is 1. The van der Waals surface area contributed by atoms with Crippen LogP contribution in [0, 0.1) is 5.92 Å². The molecule has 0 spiro atoms. The van der Waals surface area contributed by atoms with Gasteiger partial charge in [-0.1, -0.05) is 69.3 Å². The van der Waals surface area contributed by atoms with Crippen molar-refractivity contribution in [3.63, 3.8) is 0 Å². The van der Waals surface area contributed by atoms with Crippen molar-refractivity contribution in [1.82, 2.24) is 20.9 Å². The van der Waals surface area contributed by atoms with E-state index in [9.17, 15) is 29.4 Å². The lowest BCUT2D eigenvalue weighted by Crippen LogP contribution is -2.48. The number of pyridine rings is 1. The van der Waals surface area contributed by atoms with Crippen LogP contribution in [0.2, 0.25) is 18.1 Å². The fourth-order valence-corrected chi connectivity index (χ4v) is 9.96. The third-order valence-corrected chi connectivity index (χ3v) is 17.6. The largest absolute Gasteiger partial charge is 0.506 e. The number of carboxylic acid groups (broad SMARTS) is 1. The smallest absolute Gasteiger partial charge is 0.412 e. The molecule has 2 fully saturated rings. The van der Waals surface area contributed by atoms with Gasteiger partial charge in [0.15, 0.2) is 8.32 Å². The van der Waals surface area contributed by atoms with Crippen molar-refractivity contribution >= 4 is 43.0 Å². The molecule has 0 aliphatic heterocycles. The number of aryl methyl sites for hydroxylation is 1. The van der Waals surface area contributed by atoms with Gasteiger partial charge in [-0.3, -0.25) is 14.5 Å². The predicted octanol–water partition coefficient (Wildman–Crippen LogP) is 9.79. The van der Waals surface area contributed by atoms with Crippen molar-refractivity contribution in [2.45, 2.75) is 147 Å². The van der Waals surface area contributed by atoms with Gasteiger partial charge < -0.3 is 40.3 Å². The number of aromatic amines is 1. The van der Waals surface area contributed by atoms with Gasteiger partial charge in [0.2, 0.25) is 11.5 Å². The highest BCUT2D eigenvalue weighted by atomic mass is 28.4. The molecule has 64 heavy (non-hydrogen) atoms. The number of phenolic OH excluding ortho intramolecular Hbond substituents is 1. The molecule has 0 bridgehead atoms. The zero-order valence-corrected chi connectivity index (χ0v) is 39.9. The Morgan fingerprint density at radius 2 is 1.59 bits per heavy atom. The Morgan fingerprint density at radius 1 is 0.891 bits per heavy atom. The number of fused-ring (bicyclic) bond motifs is 1. The highest BCUT2D eigenvalue weighted by molar-refractivity contribution is 6.74. The van der Waals surface area contributed by atoms with E-state index in [1.165, 1.54) is 11.0 Å². The SMILES string of the molecule is CC(C)(C)OC(=O)N[C@H]1CC[C@H](N(C(=O)O)c2cc(CCCC(=O)N[C@H]3C[C@H](CNCC(O[Si](C)(C)C(C)(C)C)c4ccc(O)c5[nH]c(=O)ccc45)C3)ccc2-c2ccccc2)CC1. The number of carbonyl (C=O) groups excluding carboxylic acids is 2. The van der Waals surface area contributed by atoms with Crippen LogP contribution in [0.5, 0.6) is 5.75 Å². The fraction of sp³-hybridized carbons (Fsp3) is 0.520. The maximum atomic E-state index is 13.1. The Morgan fingerprint density at radius 3 is 2.25 bits per heavy atom. The van der Waals surface area contributed by atoms with Crippen LogP contribution in [-0.4, -0.2) is 78.4 Å². The molecular weight excluding hydrogens is 827 g/mol. The van der Waals surface area contributed by atoms with Gasteiger partial charge in [0, 0.05) is 48.1 Å². The van der Waals surface area contributed by atoms with E-state index < -0.39 is 26.1 Å². The van der Waals surface area contributed by atoms with Crippen molar-refractivity contribution < 1.29 is 33.8 Å². The Kier molecular flexibility index (Phi) is 15.3. The van der Waals surface area contributed by atoms with E-state index in [4.69, 9.17) is 9.16 Å². The van der Waals surface area contributed by atoms with Gasteiger partial charge in [0.25, 0.3) is 0 Å². The molecule has 2 saturated carbocycles. The van der Waals surface area contributed by atoms with E-state index in [0.29, 0.717) is 68.6 Å². The van der Waals surface area contributed by atoms with Gasteiger partial charge in [0.1, 0.15) is 11.4 Å². The lowest BCUT2D eigenvalue weighted by molar-refractivity contribution is -0.122. The number of rotatable bonds is 16. The summed E-state index contributed by atoms with van der Waals surface area (Å²) in [5.41, 5.74) is 3.79. The third-order valence-electron chi connectivity index (χ3n) is 13.1. The fourth-order valence-electron chi connectivity index (χ4n) is 8.68. The molecule has 2 aliphatic carbocycles. The number of nitrogens with one attached hydrogen (secondary N) is 4. The van der Waals surface area contributed by atoms with Crippen LogP contribution >= 0.6 is 0 Å². The first kappa shape index (κ1) is 48.3. The summed E-state index contributed by atoms with van der Waals surface area (Å²) >= 11 is 0. The van der Waals surface area contributed by atoms with Gasteiger partial charge in [-0.2, -0.15) is 0 Å². The summed E-state index contributed by atoms with van der Waals surface area (Å²) in [6.45, 7) is 17.9. The van der Waals surface area contributed by atoms with Crippen LogP contribution in [0.25, 0.3) is 22.0 Å². The number of aromatic hydroxyl groups is 1. The summed E-state index contributed by atoms with van der Waals surface area (Å²) in [7, 11) is -2.21. The minimum absolute atomic E-state index is 0.0153. The minimum atomic E-state index is -2.21. The molecule has 6 rings (SSSR count). The first-order valence-electron chi connectivity index (χ1n) is 22.9. The maximum Gasteiger partial charge on any atom is 0.412 e. The average molecular weight is 896 g/mol. The number of hydrogen-bond donors (Lipinski definition) is 6. The Balaban J connectivity index is 1.01. The summed E-state index contributed by atoms with van der Waals surface area (Å²) in [6.07, 6.45) is 4.06. The standard InChI is InChI=1S/C50H69N5O8Si/c1-49(2,3)62-47(59)53-35-18-20-37(21-19-35)55(48(60)61)41-29-32(17-22-38(41)34-14-10-9-11-15-34)13-12-16-44(57)52-36-27-33(28-36)30-51-31-43(63-64(7,8)50(4,5)6)39-23-25-42(56)46-40(39)24-26-45(58)54-46/h9-11,14-15,17,22-26,29,33,35-37,43,51,56H,12-13,16,18-21,27-28,30-31H2,1-8H3,(H,52,57)(H,53,59)(H,54,58)(H,60,61)/t33-,35-,36-,37-,43?. The second kappa shape index (κ2) is 20.3. The van der Waals surface area contributed by atoms with E-state index in [-0.39, 0.29) is 46.5 Å². The van der Waals surface area contributed by atoms with E-state index in [0.717, 1.165) is 47.0 Å². The number of nitrogens with zero attached hydrogens (tertiary/aromatic N) is 1. The van der Waals surface area contributed by atoms with E-state index in [2.05, 4.69) is 54.8 Å². The first-order chi connectivity index (χ1) is 30.2. The zero-order chi connectivity index (χ0) is 46.4. The molecule has 14 heteroatoms. The van der Waals surface area contributed by atoms with Crippen molar-refractivity contribution in [1.29, 1.82) is 0 Å². The summed E-state index contributed by atoms with van der Waals surface area (Å²) in [5, 5.41) is 31.7. The van der Waals surface area contributed by atoms with Gasteiger partial charge in [-0.25, -0.2) is 9.59 Å². The number of carbonyl (C=O) groups is 3. The van der Waals surface area contributed by atoms with Gasteiger partial charge >= 0.3 is 12.2 Å². The highest BCUT2D eigenvalue weighted by Gasteiger charge is 2.40. The zero-order valence-electron chi connectivity index (χ0n) is 38.9. The molecule has 3 amide bonds. The molecule has 6 N–H and O–H groups in total. The van der Waals surface area contributed by atoms with Gasteiger partial charge in [-0.05, 0) is 138 Å². The highest BCUT2D eigenvalue weighted by Crippen LogP contribution is 2.42. The number of benzene rings is 3. The monoisotopic (exact) mass is 895 g/mol. The van der Waals surface area contributed by atoms with Crippen molar-refractivity contribution in [3.05, 3.63) is 94.3 Å². The molecule has 3 aromatic carbocycles. The molecule has 346 valence electrons.